The number of hydrogen-bond acceptors (Lipinski definition) is 5. The van der Waals surface area contributed by atoms with Crippen molar-refractivity contribution in [3.8, 4) is 0 Å². The van der Waals surface area contributed by atoms with Gasteiger partial charge in [0.25, 0.3) is 0 Å². The molecule has 0 aliphatic heterocycles. The minimum atomic E-state index is -4.42. The van der Waals surface area contributed by atoms with Crippen LogP contribution in [0.5, 0.6) is 0 Å². The van der Waals surface area contributed by atoms with Gasteiger partial charge in [0, 0.05) is 24.2 Å². The van der Waals surface area contributed by atoms with E-state index < -0.39 is 11.7 Å². The standard InChI is InChI=1S/C18H18F3N5S/c1-12(27-17-25-24-11-26(17)2)13-5-3-6-14(9-13)23-10-16-15(18(19,20)21)7-4-8-22-16/h3-9,11-12,23H,10H2,1-2H3/t12-/m1/s1. The molecule has 0 spiro atoms. The fraction of sp³-hybridized carbons (Fsp3) is 0.278. The van der Waals surface area contributed by atoms with Gasteiger partial charge in [0.05, 0.1) is 17.8 Å². The van der Waals surface area contributed by atoms with Crippen molar-refractivity contribution >= 4 is 17.4 Å². The molecule has 3 aromatic rings. The highest BCUT2D eigenvalue weighted by molar-refractivity contribution is 7.99. The molecule has 0 unspecified atom stereocenters. The molecule has 1 aromatic carbocycles. The number of anilines is 1. The van der Waals surface area contributed by atoms with Gasteiger partial charge in [-0.15, -0.1) is 10.2 Å². The molecule has 0 aliphatic rings. The lowest BCUT2D eigenvalue weighted by atomic mass is 10.1. The van der Waals surface area contributed by atoms with Gasteiger partial charge in [0.15, 0.2) is 5.16 Å². The lowest BCUT2D eigenvalue weighted by Crippen LogP contribution is -2.13. The van der Waals surface area contributed by atoms with Crippen LogP contribution in [-0.2, 0) is 19.8 Å². The quantitative estimate of drug-likeness (QED) is 0.616. The SMILES string of the molecule is C[C@@H](Sc1nncn1C)c1cccc(NCc2ncccc2C(F)(F)F)c1. The highest BCUT2D eigenvalue weighted by Crippen LogP contribution is 2.34. The fourth-order valence-corrected chi connectivity index (χ4v) is 3.44. The van der Waals surface area contributed by atoms with E-state index in [-0.39, 0.29) is 17.5 Å². The first kappa shape index (κ1) is 19.2. The van der Waals surface area contributed by atoms with Crippen molar-refractivity contribution in [2.45, 2.75) is 30.1 Å². The van der Waals surface area contributed by atoms with Gasteiger partial charge >= 0.3 is 6.18 Å². The van der Waals surface area contributed by atoms with Crippen LogP contribution in [0.25, 0.3) is 0 Å². The Morgan fingerprint density at radius 2 is 2.04 bits per heavy atom. The van der Waals surface area contributed by atoms with E-state index in [1.54, 1.807) is 18.1 Å². The number of nitrogens with one attached hydrogen (secondary N) is 1. The van der Waals surface area contributed by atoms with E-state index in [4.69, 9.17) is 0 Å². The van der Waals surface area contributed by atoms with Crippen LogP contribution in [0.3, 0.4) is 0 Å². The van der Waals surface area contributed by atoms with Crippen LogP contribution in [0, 0.1) is 0 Å². The Hall–Kier alpha value is -2.55. The summed E-state index contributed by atoms with van der Waals surface area (Å²) >= 11 is 1.56. The van der Waals surface area contributed by atoms with Crippen molar-refractivity contribution in [2.75, 3.05) is 5.32 Å². The second-order valence-corrected chi connectivity index (χ2v) is 7.27. The lowest BCUT2D eigenvalue weighted by molar-refractivity contribution is -0.138. The van der Waals surface area contributed by atoms with Crippen molar-refractivity contribution < 1.29 is 13.2 Å². The molecule has 0 saturated heterocycles. The third-order valence-corrected chi connectivity index (χ3v) is 5.17. The molecular weight excluding hydrogens is 375 g/mol. The molecule has 2 heterocycles. The Kier molecular flexibility index (Phi) is 5.69. The van der Waals surface area contributed by atoms with Crippen LogP contribution >= 0.6 is 11.8 Å². The summed E-state index contributed by atoms with van der Waals surface area (Å²) in [6, 6.07) is 9.91. The van der Waals surface area contributed by atoms with Crippen LogP contribution in [0.1, 0.15) is 29.0 Å². The van der Waals surface area contributed by atoms with Gasteiger partial charge in [-0.05, 0) is 36.8 Å². The fourth-order valence-electron chi connectivity index (χ4n) is 2.53. The van der Waals surface area contributed by atoms with E-state index in [0.29, 0.717) is 0 Å². The maximum absolute atomic E-state index is 13.1. The third kappa shape index (κ3) is 4.79. The van der Waals surface area contributed by atoms with E-state index in [0.717, 1.165) is 22.5 Å². The summed E-state index contributed by atoms with van der Waals surface area (Å²) in [6.45, 7) is 2.03. The highest BCUT2D eigenvalue weighted by atomic mass is 32.2. The number of nitrogens with zero attached hydrogens (tertiary/aromatic N) is 4. The van der Waals surface area contributed by atoms with E-state index in [9.17, 15) is 13.2 Å². The molecule has 1 atom stereocenters. The van der Waals surface area contributed by atoms with Crippen LogP contribution in [-0.4, -0.2) is 19.7 Å². The van der Waals surface area contributed by atoms with Crippen molar-refractivity contribution in [1.29, 1.82) is 0 Å². The molecule has 0 bridgehead atoms. The number of alkyl halides is 3. The van der Waals surface area contributed by atoms with Crippen molar-refractivity contribution in [1.82, 2.24) is 19.7 Å². The number of pyridine rings is 1. The molecule has 9 heteroatoms. The molecule has 3 rings (SSSR count). The zero-order valence-corrected chi connectivity index (χ0v) is 15.6. The molecule has 0 radical (unpaired) electrons. The van der Waals surface area contributed by atoms with Crippen LogP contribution < -0.4 is 5.32 Å². The van der Waals surface area contributed by atoms with Gasteiger partial charge in [-0.2, -0.15) is 13.2 Å². The molecule has 27 heavy (non-hydrogen) atoms. The topological polar surface area (TPSA) is 55.6 Å². The summed E-state index contributed by atoms with van der Waals surface area (Å²) in [5, 5.41) is 11.9. The summed E-state index contributed by atoms with van der Waals surface area (Å²) in [5.74, 6) is 0. The van der Waals surface area contributed by atoms with Crippen LogP contribution in [0.4, 0.5) is 18.9 Å². The van der Waals surface area contributed by atoms with Gasteiger partial charge < -0.3 is 9.88 Å². The Labute approximate surface area is 159 Å². The molecule has 0 saturated carbocycles. The lowest BCUT2D eigenvalue weighted by Gasteiger charge is -2.15. The third-order valence-electron chi connectivity index (χ3n) is 3.96. The molecule has 0 fully saturated rings. The number of rotatable bonds is 6. The Balaban J connectivity index is 1.71. The number of halogens is 3. The molecule has 0 amide bonds. The summed E-state index contributed by atoms with van der Waals surface area (Å²) in [4.78, 5) is 3.87. The highest BCUT2D eigenvalue weighted by Gasteiger charge is 2.33. The minimum Gasteiger partial charge on any atom is -0.379 e. The predicted octanol–water partition coefficient (Wildman–Crippen LogP) is 4.69. The number of aryl methyl sites for hydroxylation is 1. The first-order valence-corrected chi connectivity index (χ1v) is 9.08. The predicted molar refractivity (Wildman–Crippen MR) is 98.3 cm³/mol. The van der Waals surface area contributed by atoms with E-state index in [1.165, 1.54) is 12.3 Å². The summed E-state index contributed by atoms with van der Waals surface area (Å²) in [5.41, 5.74) is 1.01. The normalized spacial score (nSPS) is 12.8. The molecule has 0 aliphatic carbocycles. The number of thioether (sulfide) groups is 1. The summed E-state index contributed by atoms with van der Waals surface area (Å²) < 4.78 is 41.1. The van der Waals surface area contributed by atoms with Gasteiger partial charge in [0.2, 0.25) is 0 Å². The first-order chi connectivity index (χ1) is 12.8. The van der Waals surface area contributed by atoms with Crippen molar-refractivity contribution in [2.24, 2.45) is 7.05 Å². The smallest absolute Gasteiger partial charge is 0.379 e. The average Bonchev–Trinajstić information content (AvgIpc) is 3.04. The van der Waals surface area contributed by atoms with Gasteiger partial charge in [-0.25, -0.2) is 0 Å². The maximum atomic E-state index is 13.1. The van der Waals surface area contributed by atoms with Crippen LogP contribution in [0.15, 0.2) is 54.1 Å². The average molecular weight is 393 g/mol. The molecule has 2 aromatic heterocycles. The Morgan fingerprint density at radius 3 is 2.74 bits per heavy atom. The van der Waals surface area contributed by atoms with Gasteiger partial charge in [-0.1, -0.05) is 23.9 Å². The van der Waals surface area contributed by atoms with Crippen molar-refractivity contribution in [3.63, 3.8) is 0 Å². The first-order valence-electron chi connectivity index (χ1n) is 8.20. The molecule has 1 N–H and O–H groups in total. The Bertz CT molecular complexity index is 910. The maximum Gasteiger partial charge on any atom is 0.418 e. The molecule has 142 valence electrons. The van der Waals surface area contributed by atoms with E-state index in [1.807, 2.05) is 42.8 Å². The van der Waals surface area contributed by atoms with Crippen LogP contribution in [0.2, 0.25) is 0 Å². The van der Waals surface area contributed by atoms with E-state index in [2.05, 4.69) is 20.5 Å². The zero-order valence-electron chi connectivity index (χ0n) is 14.7. The molecule has 5 nitrogen and oxygen atoms in total. The molecular formula is C18H18F3N5S. The van der Waals surface area contributed by atoms with Gasteiger partial charge in [-0.3, -0.25) is 4.98 Å². The summed E-state index contributed by atoms with van der Waals surface area (Å²) in [7, 11) is 1.87. The monoisotopic (exact) mass is 393 g/mol. The second-order valence-electron chi connectivity index (χ2n) is 5.96. The number of benzene rings is 1. The minimum absolute atomic E-state index is 0.00997. The largest absolute Gasteiger partial charge is 0.418 e. The van der Waals surface area contributed by atoms with Gasteiger partial charge in [0.1, 0.15) is 6.33 Å². The van der Waals surface area contributed by atoms with E-state index >= 15 is 0 Å². The second kappa shape index (κ2) is 7.99. The number of aromatic nitrogens is 4. The van der Waals surface area contributed by atoms with Crippen molar-refractivity contribution in [3.05, 3.63) is 65.7 Å². The summed E-state index contributed by atoms with van der Waals surface area (Å²) in [6.07, 6.45) is -1.42. The number of hydrogen-bond donors (Lipinski definition) is 1. The Morgan fingerprint density at radius 1 is 1.22 bits per heavy atom. The zero-order chi connectivity index (χ0) is 19.4.